The Balaban J connectivity index is 1.68. The second-order valence-corrected chi connectivity index (χ2v) is 9.65. The summed E-state index contributed by atoms with van der Waals surface area (Å²) in [6.07, 6.45) is 5.49. The van der Waals surface area contributed by atoms with Gasteiger partial charge in [0.25, 0.3) is 5.91 Å². The first-order valence-electron chi connectivity index (χ1n) is 8.74. The monoisotopic (exact) mass is 389 g/mol. The number of hydrogen-bond donors (Lipinski definition) is 1. The van der Waals surface area contributed by atoms with Crippen LogP contribution < -0.4 is 5.32 Å². The summed E-state index contributed by atoms with van der Waals surface area (Å²) in [6, 6.07) is 14.0. The fourth-order valence-electron chi connectivity index (χ4n) is 3.24. The van der Waals surface area contributed by atoms with Crippen LogP contribution in [0.1, 0.15) is 41.6 Å². The highest BCUT2D eigenvalue weighted by Gasteiger charge is 2.30. The summed E-state index contributed by atoms with van der Waals surface area (Å²) < 4.78 is 25.2. The molecule has 0 aromatic heterocycles. The third kappa shape index (κ3) is 4.30. The molecule has 1 aliphatic carbocycles. The van der Waals surface area contributed by atoms with Crippen LogP contribution in [0.15, 0.2) is 53.4 Å². The lowest BCUT2D eigenvalue weighted by Gasteiger charge is -2.12. The first-order valence-corrected chi connectivity index (χ1v) is 11.7. The zero-order valence-electron chi connectivity index (χ0n) is 14.8. The van der Waals surface area contributed by atoms with Gasteiger partial charge in [0, 0.05) is 17.0 Å². The zero-order valence-corrected chi connectivity index (χ0v) is 16.4. The van der Waals surface area contributed by atoms with E-state index in [1.165, 1.54) is 5.56 Å². The van der Waals surface area contributed by atoms with Gasteiger partial charge >= 0.3 is 0 Å². The predicted octanol–water partition coefficient (Wildman–Crippen LogP) is 4.52. The molecule has 0 saturated heterocycles. The number of carbonyl (C=O) groups is 1. The van der Waals surface area contributed by atoms with Crippen molar-refractivity contribution in [3.8, 4) is 0 Å². The van der Waals surface area contributed by atoms with Gasteiger partial charge in [0.2, 0.25) is 0 Å². The van der Waals surface area contributed by atoms with Crippen molar-refractivity contribution < 1.29 is 13.2 Å². The Labute approximate surface area is 159 Å². The second kappa shape index (κ2) is 8.27. The third-order valence-corrected chi connectivity index (χ3v) is 7.61. The number of hydrogen-bond acceptors (Lipinski definition) is 4. The molecule has 0 heterocycles. The van der Waals surface area contributed by atoms with Crippen molar-refractivity contribution in [1.82, 2.24) is 0 Å². The van der Waals surface area contributed by atoms with E-state index in [0.717, 1.165) is 31.4 Å². The molecule has 1 aliphatic rings. The van der Waals surface area contributed by atoms with Crippen molar-refractivity contribution in [2.24, 2.45) is 0 Å². The predicted molar refractivity (Wildman–Crippen MR) is 107 cm³/mol. The Morgan fingerprint density at radius 3 is 2.23 bits per heavy atom. The molecule has 0 bridgehead atoms. The molecular formula is C20H23NO3S2. The highest BCUT2D eigenvalue weighted by molar-refractivity contribution is 7.97. The first-order chi connectivity index (χ1) is 12.5. The topological polar surface area (TPSA) is 63.2 Å². The Morgan fingerprint density at radius 2 is 1.65 bits per heavy atom. The third-order valence-electron chi connectivity index (χ3n) is 4.71. The van der Waals surface area contributed by atoms with E-state index >= 15 is 0 Å². The zero-order chi connectivity index (χ0) is 18.6. The molecule has 3 rings (SSSR count). The maximum Gasteiger partial charge on any atom is 0.255 e. The van der Waals surface area contributed by atoms with Crippen molar-refractivity contribution in [2.45, 2.75) is 41.6 Å². The highest BCUT2D eigenvalue weighted by atomic mass is 32.2. The molecule has 138 valence electrons. The molecule has 1 N–H and O–H groups in total. The van der Waals surface area contributed by atoms with Gasteiger partial charge in [0.05, 0.1) is 10.1 Å². The molecule has 4 nitrogen and oxygen atoms in total. The second-order valence-electron chi connectivity index (χ2n) is 6.56. The lowest BCUT2D eigenvalue weighted by Crippen LogP contribution is -2.18. The summed E-state index contributed by atoms with van der Waals surface area (Å²) in [5, 5.41) is 2.56. The number of thioether (sulfide) groups is 1. The lowest BCUT2D eigenvalue weighted by molar-refractivity contribution is 0.102. The Kier molecular flexibility index (Phi) is 6.04. The van der Waals surface area contributed by atoms with Crippen molar-refractivity contribution in [3.05, 3.63) is 59.7 Å². The standard InChI is InChI=1S/C20H23NO3S2/c1-25-14-15-6-8-16(9-7-15)20(22)21-17-10-12-19(13-11-17)26(23,24)18-4-2-3-5-18/h6-13,18H,2-5,14H2,1H3,(H,21,22). The van der Waals surface area contributed by atoms with E-state index in [1.807, 2.05) is 18.4 Å². The maximum atomic E-state index is 12.6. The summed E-state index contributed by atoms with van der Waals surface area (Å²) in [7, 11) is -3.26. The number of amides is 1. The van der Waals surface area contributed by atoms with Crippen LogP contribution in [0.2, 0.25) is 0 Å². The molecule has 0 aliphatic heterocycles. The van der Waals surface area contributed by atoms with E-state index in [4.69, 9.17) is 0 Å². The van der Waals surface area contributed by atoms with E-state index in [1.54, 1.807) is 48.2 Å². The summed E-state index contributed by atoms with van der Waals surface area (Å²) in [6.45, 7) is 0. The van der Waals surface area contributed by atoms with Crippen molar-refractivity contribution >= 4 is 33.2 Å². The maximum absolute atomic E-state index is 12.6. The van der Waals surface area contributed by atoms with Gasteiger partial charge in [0.15, 0.2) is 9.84 Å². The van der Waals surface area contributed by atoms with Crippen LogP contribution in [0.3, 0.4) is 0 Å². The van der Waals surface area contributed by atoms with Crippen LogP contribution in [0.25, 0.3) is 0 Å². The van der Waals surface area contributed by atoms with E-state index in [9.17, 15) is 13.2 Å². The number of benzene rings is 2. The Hall–Kier alpha value is -1.79. The van der Waals surface area contributed by atoms with Gasteiger partial charge in [-0.05, 0) is 61.1 Å². The molecule has 0 unspecified atom stereocenters. The normalized spacial score (nSPS) is 15.1. The number of anilines is 1. The average molecular weight is 390 g/mol. The Morgan fingerprint density at radius 1 is 1.04 bits per heavy atom. The van der Waals surface area contributed by atoms with E-state index < -0.39 is 9.84 Å². The van der Waals surface area contributed by atoms with E-state index in [-0.39, 0.29) is 11.2 Å². The smallest absolute Gasteiger partial charge is 0.255 e. The fraction of sp³-hybridized carbons (Fsp3) is 0.350. The SMILES string of the molecule is CSCc1ccc(C(=O)Nc2ccc(S(=O)(=O)C3CCCC3)cc2)cc1. The number of sulfone groups is 1. The molecule has 0 atom stereocenters. The van der Waals surface area contributed by atoms with Crippen LogP contribution in [0.4, 0.5) is 5.69 Å². The summed E-state index contributed by atoms with van der Waals surface area (Å²) in [4.78, 5) is 12.7. The van der Waals surface area contributed by atoms with Gasteiger partial charge in [-0.1, -0.05) is 25.0 Å². The van der Waals surface area contributed by atoms with Crippen LogP contribution >= 0.6 is 11.8 Å². The quantitative estimate of drug-likeness (QED) is 0.789. The van der Waals surface area contributed by atoms with Gasteiger partial charge < -0.3 is 5.32 Å². The summed E-state index contributed by atoms with van der Waals surface area (Å²) in [5.74, 6) is 0.714. The minimum atomic E-state index is -3.26. The van der Waals surface area contributed by atoms with E-state index in [2.05, 4.69) is 5.32 Å². The molecule has 2 aromatic rings. The first kappa shape index (κ1) is 19.0. The van der Waals surface area contributed by atoms with Crippen LogP contribution in [-0.4, -0.2) is 25.8 Å². The van der Waals surface area contributed by atoms with Crippen molar-refractivity contribution in [2.75, 3.05) is 11.6 Å². The lowest BCUT2D eigenvalue weighted by atomic mass is 10.1. The van der Waals surface area contributed by atoms with Gasteiger partial charge in [-0.25, -0.2) is 8.42 Å². The molecule has 26 heavy (non-hydrogen) atoms. The molecule has 0 radical (unpaired) electrons. The fourth-order valence-corrected chi connectivity index (χ4v) is 5.62. The van der Waals surface area contributed by atoms with Gasteiger partial charge in [-0.15, -0.1) is 0 Å². The van der Waals surface area contributed by atoms with Gasteiger partial charge in [-0.2, -0.15) is 11.8 Å². The van der Waals surface area contributed by atoms with Crippen LogP contribution in [-0.2, 0) is 15.6 Å². The largest absolute Gasteiger partial charge is 0.322 e. The van der Waals surface area contributed by atoms with Gasteiger partial charge in [0.1, 0.15) is 0 Å². The molecule has 6 heteroatoms. The number of carbonyl (C=O) groups excluding carboxylic acids is 1. The van der Waals surface area contributed by atoms with E-state index in [0.29, 0.717) is 16.1 Å². The highest BCUT2D eigenvalue weighted by Crippen LogP contribution is 2.30. The van der Waals surface area contributed by atoms with Gasteiger partial charge in [-0.3, -0.25) is 4.79 Å². The van der Waals surface area contributed by atoms with Crippen LogP contribution in [0.5, 0.6) is 0 Å². The molecule has 0 spiro atoms. The minimum Gasteiger partial charge on any atom is -0.322 e. The molecule has 2 aromatic carbocycles. The van der Waals surface area contributed by atoms with Crippen molar-refractivity contribution in [3.63, 3.8) is 0 Å². The minimum absolute atomic E-state index is 0.202. The van der Waals surface area contributed by atoms with Crippen molar-refractivity contribution in [1.29, 1.82) is 0 Å². The molecule has 1 saturated carbocycles. The molecular weight excluding hydrogens is 366 g/mol. The number of rotatable bonds is 6. The summed E-state index contributed by atoms with van der Waals surface area (Å²) >= 11 is 1.73. The average Bonchev–Trinajstić information content (AvgIpc) is 3.19. The summed E-state index contributed by atoms with van der Waals surface area (Å²) in [5.41, 5.74) is 2.35. The van der Waals surface area contributed by atoms with Crippen LogP contribution in [0, 0.1) is 0 Å². The molecule has 1 amide bonds. The number of nitrogens with one attached hydrogen (secondary N) is 1. The Bertz CT molecular complexity index is 853. The molecule has 1 fully saturated rings.